The van der Waals surface area contributed by atoms with E-state index in [9.17, 15) is 4.79 Å². The predicted octanol–water partition coefficient (Wildman–Crippen LogP) is 8.01. The van der Waals surface area contributed by atoms with Crippen molar-refractivity contribution in [2.45, 2.75) is 111 Å². The summed E-state index contributed by atoms with van der Waals surface area (Å²) >= 11 is 0. The van der Waals surface area contributed by atoms with Gasteiger partial charge in [-0.05, 0) is 67.5 Å². The van der Waals surface area contributed by atoms with Crippen LogP contribution >= 0.6 is 0 Å². The number of ether oxygens (including phenoxy) is 2. The molecule has 2 aromatic carbocycles. The molecule has 1 unspecified atom stereocenters. The summed E-state index contributed by atoms with van der Waals surface area (Å²) < 4.78 is 15.6. The van der Waals surface area contributed by atoms with Crippen molar-refractivity contribution >= 4 is 25.1 Å². The highest BCUT2D eigenvalue weighted by Crippen LogP contribution is 2.26. The van der Waals surface area contributed by atoms with Gasteiger partial charge in [0.2, 0.25) is 0 Å². The fourth-order valence-electron chi connectivity index (χ4n) is 5.12. The Morgan fingerprint density at radius 3 is 2.36 bits per heavy atom. The Morgan fingerprint density at radius 1 is 1.02 bits per heavy atom. The van der Waals surface area contributed by atoms with Crippen LogP contribution in [-0.2, 0) is 34.6 Å². The maximum atomic E-state index is 13.0. The molecule has 0 spiro atoms. The van der Waals surface area contributed by atoms with E-state index in [2.05, 4.69) is 93.6 Å². The molecule has 1 atom stereocenters. The van der Waals surface area contributed by atoms with Gasteiger partial charge >= 0.3 is 6.09 Å². The van der Waals surface area contributed by atoms with Crippen molar-refractivity contribution in [1.29, 1.82) is 0 Å². The summed E-state index contributed by atoms with van der Waals surface area (Å²) in [5, 5.41) is 8.95. The van der Waals surface area contributed by atoms with Gasteiger partial charge in [-0.15, -0.1) is 0 Å². The lowest BCUT2D eigenvalue weighted by Crippen LogP contribution is -2.37. The van der Waals surface area contributed by atoms with Crippen LogP contribution in [0.2, 0.25) is 25.7 Å². The number of rotatable bonds is 11. The maximum absolute atomic E-state index is 13.0. The number of benzene rings is 2. The molecule has 0 saturated heterocycles. The number of amides is 1. The number of hydrogen-bond donors (Lipinski definition) is 1. The Morgan fingerprint density at radius 2 is 1.73 bits per heavy atom. The van der Waals surface area contributed by atoms with Gasteiger partial charge in [0, 0.05) is 51.6 Å². The average molecular weight is 618 g/mol. The molecule has 0 aliphatic rings. The van der Waals surface area contributed by atoms with Crippen LogP contribution in [0.25, 0.3) is 10.9 Å². The molecule has 4 rings (SSSR count). The molecule has 44 heavy (non-hydrogen) atoms. The second kappa shape index (κ2) is 13.3. The molecule has 8 nitrogen and oxygen atoms in total. The number of hydrogen-bond acceptors (Lipinski definition) is 5. The highest BCUT2D eigenvalue weighted by atomic mass is 28.3. The number of aryl methyl sites for hydroxylation is 1. The Hall–Kier alpha value is -3.43. The minimum absolute atomic E-state index is 0.0948. The lowest BCUT2D eigenvalue weighted by Gasteiger charge is -2.24. The molecular formula is C35H51N5O3Si. The van der Waals surface area contributed by atoms with Crippen molar-refractivity contribution < 1.29 is 14.3 Å². The number of aromatic nitrogens is 4. The number of imidazole rings is 1. The first-order chi connectivity index (χ1) is 20.5. The second-order valence-electron chi connectivity index (χ2n) is 15.1. The van der Waals surface area contributed by atoms with Crippen molar-refractivity contribution in [1.82, 2.24) is 24.6 Å². The van der Waals surface area contributed by atoms with Crippen molar-refractivity contribution in [3.8, 4) is 0 Å². The smallest absolute Gasteiger partial charge is 0.408 e. The Labute approximate surface area is 264 Å². The summed E-state index contributed by atoms with van der Waals surface area (Å²) in [6.07, 6.45) is 5.89. The third-order valence-electron chi connectivity index (χ3n) is 7.49. The number of nitrogens with one attached hydrogen (secondary N) is 1. The largest absolute Gasteiger partial charge is 0.444 e. The zero-order valence-corrected chi connectivity index (χ0v) is 29.3. The quantitative estimate of drug-likeness (QED) is 0.136. The molecule has 238 valence electrons. The van der Waals surface area contributed by atoms with Crippen molar-refractivity contribution in [3.63, 3.8) is 0 Å². The lowest BCUT2D eigenvalue weighted by atomic mass is 9.87. The molecule has 9 heteroatoms. The van der Waals surface area contributed by atoms with Crippen LogP contribution in [0, 0.1) is 6.92 Å². The van der Waals surface area contributed by atoms with Gasteiger partial charge < -0.3 is 19.4 Å². The van der Waals surface area contributed by atoms with E-state index in [1.165, 1.54) is 11.1 Å². The van der Waals surface area contributed by atoms with E-state index in [1.54, 1.807) is 6.20 Å². The number of nitrogens with zero attached hydrogens (tertiary/aromatic N) is 4. The molecule has 2 aromatic heterocycles. The minimum Gasteiger partial charge on any atom is -0.444 e. The first kappa shape index (κ1) is 33.5. The second-order valence-corrected chi connectivity index (χ2v) is 20.8. The molecule has 0 fully saturated rings. The Bertz CT molecular complexity index is 1550. The number of alkyl carbamates (subject to hydrolysis) is 1. The van der Waals surface area contributed by atoms with Crippen molar-refractivity contribution in [3.05, 3.63) is 83.1 Å². The molecule has 2 heterocycles. The van der Waals surface area contributed by atoms with Gasteiger partial charge in [-0.2, -0.15) is 5.10 Å². The summed E-state index contributed by atoms with van der Waals surface area (Å²) in [4.78, 5) is 17.8. The number of carbonyl (C=O) groups is 1. The summed E-state index contributed by atoms with van der Waals surface area (Å²) in [6.45, 7) is 23.2. The summed E-state index contributed by atoms with van der Waals surface area (Å²) in [6, 6.07) is 13.8. The molecule has 1 N–H and O–H groups in total. The molecule has 1 amide bonds. The van der Waals surface area contributed by atoms with Crippen LogP contribution in [0.3, 0.4) is 0 Å². The van der Waals surface area contributed by atoms with E-state index in [1.807, 2.05) is 37.8 Å². The summed E-state index contributed by atoms with van der Waals surface area (Å²) in [5.41, 5.74) is 5.07. The van der Waals surface area contributed by atoms with Gasteiger partial charge in [-0.1, -0.05) is 70.7 Å². The molecule has 0 aliphatic heterocycles. The van der Waals surface area contributed by atoms with E-state index >= 15 is 0 Å². The third-order valence-corrected chi connectivity index (χ3v) is 9.19. The fraction of sp³-hybridized carbons (Fsp3) is 0.514. The molecule has 0 bridgehead atoms. The van der Waals surface area contributed by atoms with Crippen LogP contribution in [0.5, 0.6) is 0 Å². The Kier molecular flexibility index (Phi) is 10.1. The van der Waals surface area contributed by atoms with Crippen molar-refractivity contribution in [2.24, 2.45) is 0 Å². The zero-order valence-electron chi connectivity index (χ0n) is 28.3. The number of fused-ring (bicyclic) bond motifs is 1. The maximum Gasteiger partial charge on any atom is 0.408 e. The van der Waals surface area contributed by atoms with Gasteiger partial charge in [0.25, 0.3) is 0 Å². The molecule has 0 aliphatic carbocycles. The number of carbonyl (C=O) groups excluding carboxylic acids is 1. The van der Waals surface area contributed by atoms with Crippen LogP contribution in [0.4, 0.5) is 4.79 Å². The van der Waals surface area contributed by atoms with Gasteiger partial charge in [0.1, 0.15) is 18.2 Å². The topological polar surface area (TPSA) is 83.2 Å². The summed E-state index contributed by atoms with van der Waals surface area (Å²) in [7, 11) is -1.14. The average Bonchev–Trinajstić information content (AvgIpc) is 3.51. The van der Waals surface area contributed by atoms with E-state index < -0.39 is 25.8 Å². The lowest BCUT2D eigenvalue weighted by molar-refractivity contribution is 0.0500. The standard InChI is InChI=1S/C35H51N5O3Si/c1-25-19-27(20-28-23-40(38-31(25)28)24-42-17-18-44(8,9)10)21-30(37-33(41)43-35(5,6)7)32-36-15-16-39(32)22-26-11-13-29(14-12-26)34(2,3)4/h11-16,19-20,23,30H,17-18,21-22,24H2,1-10H3,(H,37,41). The third kappa shape index (κ3) is 9.53. The normalized spacial score (nSPS) is 13.3. The zero-order chi connectivity index (χ0) is 32.3. The van der Waals surface area contributed by atoms with Crippen LogP contribution in [0.1, 0.15) is 75.7 Å². The van der Waals surface area contributed by atoms with Gasteiger partial charge in [-0.25, -0.2) is 14.5 Å². The van der Waals surface area contributed by atoms with E-state index in [4.69, 9.17) is 19.6 Å². The van der Waals surface area contributed by atoms with E-state index in [0.29, 0.717) is 19.7 Å². The molecule has 0 saturated carbocycles. The first-order valence-electron chi connectivity index (χ1n) is 15.6. The van der Waals surface area contributed by atoms with Crippen LogP contribution in [-0.4, -0.2) is 45.7 Å². The SMILES string of the molecule is Cc1cc(CC(NC(=O)OC(C)(C)C)c2nccn2Cc2ccc(C(C)(C)C)cc2)cc2cn(COCC[Si](C)(C)C)nc12. The minimum atomic E-state index is -1.14. The van der Waals surface area contributed by atoms with Gasteiger partial charge in [0.05, 0.1) is 11.6 Å². The van der Waals surface area contributed by atoms with Crippen molar-refractivity contribution in [2.75, 3.05) is 6.61 Å². The highest BCUT2D eigenvalue weighted by Gasteiger charge is 2.25. The fourth-order valence-corrected chi connectivity index (χ4v) is 5.88. The Balaban J connectivity index is 1.58. The summed E-state index contributed by atoms with van der Waals surface area (Å²) in [5.74, 6) is 0.778. The molecular weight excluding hydrogens is 567 g/mol. The van der Waals surface area contributed by atoms with Gasteiger partial charge in [-0.3, -0.25) is 0 Å². The molecule has 0 radical (unpaired) electrons. The van der Waals surface area contributed by atoms with E-state index in [-0.39, 0.29) is 5.41 Å². The molecule has 4 aromatic rings. The first-order valence-corrected chi connectivity index (χ1v) is 19.3. The highest BCUT2D eigenvalue weighted by molar-refractivity contribution is 6.76. The monoisotopic (exact) mass is 617 g/mol. The van der Waals surface area contributed by atoms with Crippen LogP contribution < -0.4 is 5.32 Å². The van der Waals surface area contributed by atoms with Crippen LogP contribution in [0.15, 0.2) is 55.0 Å². The van der Waals surface area contributed by atoms with E-state index in [0.717, 1.165) is 40.5 Å². The van der Waals surface area contributed by atoms with Gasteiger partial charge in [0.15, 0.2) is 0 Å². The predicted molar refractivity (Wildman–Crippen MR) is 181 cm³/mol.